The summed E-state index contributed by atoms with van der Waals surface area (Å²) >= 11 is 19.1. The van der Waals surface area contributed by atoms with Crippen LogP contribution in [0.3, 0.4) is 0 Å². The number of benzene rings is 1. The first kappa shape index (κ1) is 25.6. The molecule has 2 saturated heterocycles. The van der Waals surface area contributed by atoms with E-state index < -0.39 is 16.1 Å². The maximum absolute atomic E-state index is 11.7. The molecular weight excluding hydrogens is 571 g/mol. The number of hydrogen-bond acceptors (Lipinski definition) is 7. The average molecular weight is 594 g/mol. The predicted molar refractivity (Wildman–Crippen MR) is 149 cm³/mol. The highest BCUT2D eigenvalue weighted by Gasteiger charge is 2.54. The van der Waals surface area contributed by atoms with Gasteiger partial charge in [0.1, 0.15) is 23.4 Å². The Labute approximate surface area is 234 Å². The smallest absolute Gasteiger partial charge is 0.211 e. The summed E-state index contributed by atoms with van der Waals surface area (Å²) in [6, 6.07) is 7.54. The number of aromatic nitrogens is 4. The van der Waals surface area contributed by atoms with E-state index in [0.717, 1.165) is 41.1 Å². The molecule has 0 aliphatic carbocycles. The molecule has 1 unspecified atom stereocenters. The number of pyridine rings is 2. The van der Waals surface area contributed by atoms with Crippen molar-refractivity contribution in [3.63, 3.8) is 0 Å². The second kappa shape index (κ2) is 9.24. The molecule has 1 aromatic carbocycles. The van der Waals surface area contributed by atoms with Crippen molar-refractivity contribution in [2.75, 3.05) is 37.3 Å². The molecule has 4 aromatic rings. The normalized spacial score (nSPS) is 17.9. The van der Waals surface area contributed by atoms with Crippen LogP contribution in [0.25, 0.3) is 22.2 Å². The van der Waals surface area contributed by atoms with Gasteiger partial charge in [0.25, 0.3) is 0 Å². The zero-order valence-electron chi connectivity index (χ0n) is 20.5. The van der Waals surface area contributed by atoms with Crippen LogP contribution < -0.4 is 9.64 Å². The van der Waals surface area contributed by atoms with Crippen molar-refractivity contribution in [3.05, 3.63) is 63.5 Å². The first-order valence-corrected chi connectivity index (χ1v) is 14.8. The Kier molecular flexibility index (Phi) is 6.23. The lowest BCUT2D eigenvalue weighted by Crippen LogP contribution is -2.73. The van der Waals surface area contributed by atoms with Crippen molar-refractivity contribution >= 4 is 61.5 Å². The molecule has 5 heterocycles. The van der Waals surface area contributed by atoms with Gasteiger partial charge in [0, 0.05) is 66.7 Å². The van der Waals surface area contributed by atoms with Crippen LogP contribution in [0.5, 0.6) is 5.75 Å². The number of fused-ring (bicyclic) bond motifs is 1. The number of ether oxygens (including phenoxy) is 1. The van der Waals surface area contributed by atoms with Crippen molar-refractivity contribution in [3.8, 4) is 17.0 Å². The lowest BCUT2D eigenvalue weighted by Gasteiger charge is -2.59. The van der Waals surface area contributed by atoms with Crippen molar-refractivity contribution in [2.45, 2.75) is 13.0 Å². The molecule has 1 spiro atoms. The lowest BCUT2D eigenvalue weighted by molar-refractivity contribution is 0.0395. The van der Waals surface area contributed by atoms with E-state index in [0.29, 0.717) is 39.5 Å². The van der Waals surface area contributed by atoms with Crippen LogP contribution in [-0.4, -0.2) is 65.3 Å². The summed E-state index contributed by atoms with van der Waals surface area (Å²) in [6.07, 6.45) is 5.62. The Balaban J connectivity index is 1.20. The Morgan fingerprint density at radius 2 is 1.74 bits per heavy atom. The first-order chi connectivity index (χ1) is 18.0. The minimum atomic E-state index is -3.12. The molecule has 198 valence electrons. The topological polar surface area (TPSA) is 104 Å². The standard InChI is InChI=1S/C25H23Cl3N6O3S/c1-14(23-18(27)8-29-9-19(23)28)37-21-5-16-20(6-17(21)26)31-32-24(16)15-3-4-22(30-7-15)33-10-25(11-33)12-34(13-25)38(2,35)36/h3-9,14H,10-13H2,1-2H3,(H,31,32). The van der Waals surface area contributed by atoms with Gasteiger partial charge in [0.15, 0.2) is 0 Å². The van der Waals surface area contributed by atoms with E-state index in [9.17, 15) is 8.42 Å². The Bertz CT molecular complexity index is 1630. The molecule has 2 fully saturated rings. The second-order valence-electron chi connectivity index (χ2n) is 9.97. The van der Waals surface area contributed by atoms with E-state index in [-0.39, 0.29) is 5.41 Å². The highest BCUT2D eigenvalue weighted by Crippen LogP contribution is 2.43. The van der Waals surface area contributed by atoms with Crippen LogP contribution in [0, 0.1) is 5.41 Å². The molecule has 1 N–H and O–H groups in total. The van der Waals surface area contributed by atoms with Gasteiger partial charge in [-0.25, -0.2) is 17.7 Å². The van der Waals surface area contributed by atoms with Crippen molar-refractivity contribution in [1.29, 1.82) is 0 Å². The zero-order chi connectivity index (χ0) is 26.8. The molecule has 38 heavy (non-hydrogen) atoms. The Morgan fingerprint density at radius 1 is 1.03 bits per heavy atom. The predicted octanol–water partition coefficient (Wildman–Crippen LogP) is 5.20. The summed E-state index contributed by atoms with van der Waals surface area (Å²) in [5.41, 5.74) is 2.99. The number of sulfonamides is 1. The van der Waals surface area contributed by atoms with Gasteiger partial charge in [-0.2, -0.15) is 5.10 Å². The third-order valence-corrected chi connectivity index (χ3v) is 9.20. The molecule has 1 atom stereocenters. The quantitative estimate of drug-likeness (QED) is 0.328. The summed E-state index contributed by atoms with van der Waals surface area (Å²) in [6.45, 7) is 4.57. The SMILES string of the molecule is CC(Oc1cc2c(-c3ccc(N4CC5(C4)CN(S(C)(=O)=O)C5)nc3)n[nH]c2cc1Cl)c1c(Cl)cncc1Cl. The Hall–Kier alpha value is -2.63. The van der Waals surface area contributed by atoms with Crippen LogP contribution in [0.2, 0.25) is 15.1 Å². The first-order valence-electron chi connectivity index (χ1n) is 11.8. The molecular formula is C25H23Cl3N6O3S. The molecule has 13 heteroatoms. The van der Waals surface area contributed by atoms with Gasteiger partial charge in [-0.3, -0.25) is 10.1 Å². The average Bonchev–Trinajstić information content (AvgIpc) is 3.19. The fraction of sp³-hybridized carbons (Fsp3) is 0.320. The van der Waals surface area contributed by atoms with Gasteiger partial charge in [0.2, 0.25) is 10.0 Å². The number of hydrogen-bond donors (Lipinski definition) is 1. The minimum Gasteiger partial charge on any atom is -0.484 e. The molecule has 3 aromatic heterocycles. The highest BCUT2D eigenvalue weighted by atomic mass is 35.5. The lowest BCUT2D eigenvalue weighted by atomic mass is 9.74. The molecule has 6 rings (SSSR count). The monoisotopic (exact) mass is 592 g/mol. The van der Waals surface area contributed by atoms with Crippen molar-refractivity contribution in [2.24, 2.45) is 5.41 Å². The zero-order valence-corrected chi connectivity index (χ0v) is 23.5. The largest absolute Gasteiger partial charge is 0.484 e. The fourth-order valence-electron chi connectivity index (χ4n) is 5.16. The molecule has 0 saturated carbocycles. The second-order valence-corrected chi connectivity index (χ2v) is 13.2. The number of halogens is 3. The number of aromatic amines is 1. The number of nitrogens with zero attached hydrogens (tertiary/aromatic N) is 5. The molecule has 9 nitrogen and oxygen atoms in total. The van der Waals surface area contributed by atoms with E-state index in [2.05, 4.69) is 25.1 Å². The highest BCUT2D eigenvalue weighted by molar-refractivity contribution is 7.88. The van der Waals surface area contributed by atoms with Gasteiger partial charge >= 0.3 is 0 Å². The van der Waals surface area contributed by atoms with Gasteiger partial charge < -0.3 is 9.64 Å². The summed E-state index contributed by atoms with van der Waals surface area (Å²) in [4.78, 5) is 10.8. The third-order valence-electron chi connectivity index (χ3n) is 7.11. The fourth-order valence-corrected chi connectivity index (χ4v) is 7.06. The third kappa shape index (κ3) is 4.48. The van der Waals surface area contributed by atoms with E-state index in [1.807, 2.05) is 25.1 Å². The number of anilines is 1. The van der Waals surface area contributed by atoms with E-state index in [1.165, 1.54) is 23.0 Å². The van der Waals surface area contributed by atoms with E-state index in [4.69, 9.17) is 39.5 Å². The van der Waals surface area contributed by atoms with Gasteiger partial charge in [-0.15, -0.1) is 0 Å². The van der Waals surface area contributed by atoms with Crippen LogP contribution in [0.1, 0.15) is 18.6 Å². The molecule has 2 aliphatic rings. The number of H-pyrrole nitrogens is 1. The molecule has 0 bridgehead atoms. The van der Waals surface area contributed by atoms with Crippen LogP contribution in [0.4, 0.5) is 5.82 Å². The van der Waals surface area contributed by atoms with Crippen LogP contribution in [-0.2, 0) is 10.0 Å². The maximum Gasteiger partial charge on any atom is 0.211 e. The summed E-state index contributed by atoms with van der Waals surface area (Å²) in [7, 11) is -3.12. The number of nitrogens with one attached hydrogen (secondary N) is 1. The van der Waals surface area contributed by atoms with Gasteiger partial charge in [-0.1, -0.05) is 34.8 Å². The molecule has 0 amide bonds. The summed E-state index contributed by atoms with van der Waals surface area (Å²) in [5, 5.41) is 9.60. The van der Waals surface area contributed by atoms with Gasteiger partial charge in [0.05, 0.1) is 26.8 Å². The van der Waals surface area contributed by atoms with E-state index >= 15 is 0 Å². The van der Waals surface area contributed by atoms with Crippen LogP contribution in [0.15, 0.2) is 42.9 Å². The summed E-state index contributed by atoms with van der Waals surface area (Å²) in [5.74, 6) is 1.32. The minimum absolute atomic E-state index is 0.0410. The van der Waals surface area contributed by atoms with Gasteiger partial charge in [-0.05, 0) is 31.2 Å². The Morgan fingerprint density at radius 3 is 2.37 bits per heavy atom. The molecule has 0 radical (unpaired) electrons. The number of rotatable bonds is 6. The van der Waals surface area contributed by atoms with Crippen LogP contribution >= 0.6 is 34.8 Å². The molecule has 2 aliphatic heterocycles. The van der Waals surface area contributed by atoms with Crippen molar-refractivity contribution < 1.29 is 13.2 Å². The summed E-state index contributed by atoms with van der Waals surface area (Å²) < 4.78 is 31.1. The maximum atomic E-state index is 11.7. The van der Waals surface area contributed by atoms with Crippen molar-refractivity contribution in [1.82, 2.24) is 24.5 Å². The van der Waals surface area contributed by atoms with E-state index in [1.54, 1.807) is 12.3 Å².